The number of rotatable bonds is 6. The second kappa shape index (κ2) is 6.96. The molecule has 0 atom stereocenters. The molecule has 0 bridgehead atoms. The second-order valence-electron chi connectivity index (χ2n) is 7.25. The van der Waals surface area contributed by atoms with Crippen LogP contribution in [0.4, 0.5) is 13.2 Å². The van der Waals surface area contributed by atoms with Gasteiger partial charge in [-0.2, -0.15) is 13.2 Å². The van der Waals surface area contributed by atoms with Crippen LogP contribution in [-0.4, -0.2) is 49.6 Å². The van der Waals surface area contributed by atoms with Crippen LogP contribution in [0.15, 0.2) is 30.9 Å². The standard InChI is InChI=1S/C19H20F3N5O/c1-26-10-13(16-14-4-6-23-17(14)25-11-24-16)8-15(26)18(28)27(9-12-2-3-12)7-5-19(20,21)22/h4,6,8,10-12H,2-3,5,7,9H2,1H3,(H,23,24,25). The van der Waals surface area contributed by atoms with Crippen LogP contribution in [0.1, 0.15) is 29.8 Å². The number of halogens is 3. The number of hydrogen-bond acceptors (Lipinski definition) is 3. The van der Waals surface area contributed by atoms with Crippen LogP contribution >= 0.6 is 0 Å². The number of nitrogens with zero attached hydrogens (tertiary/aromatic N) is 4. The molecule has 6 nitrogen and oxygen atoms in total. The lowest BCUT2D eigenvalue weighted by atomic mass is 10.1. The van der Waals surface area contributed by atoms with Gasteiger partial charge in [0.05, 0.1) is 12.1 Å². The lowest BCUT2D eigenvalue weighted by Gasteiger charge is -2.23. The number of hydrogen-bond donors (Lipinski definition) is 1. The molecule has 0 radical (unpaired) electrons. The third-order valence-corrected chi connectivity index (χ3v) is 4.98. The first-order chi connectivity index (χ1) is 13.3. The zero-order valence-electron chi connectivity index (χ0n) is 15.3. The SMILES string of the molecule is Cn1cc(-c2ncnc3[nH]ccc23)cc1C(=O)N(CCC(F)(F)F)CC1CC1. The van der Waals surface area contributed by atoms with Gasteiger partial charge in [0, 0.05) is 43.5 Å². The van der Waals surface area contributed by atoms with Gasteiger partial charge in [-0.05, 0) is 30.9 Å². The zero-order chi connectivity index (χ0) is 19.9. The maximum atomic E-state index is 13.0. The van der Waals surface area contributed by atoms with Crippen molar-refractivity contribution in [2.75, 3.05) is 13.1 Å². The fourth-order valence-electron chi connectivity index (χ4n) is 3.32. The lowest BCUT2D eigenvalue weighted by Crippen LogP contribution is -2.36. The van der Waals surface area contributed by atoms with Crippen LogP contribution in [0.2, 0.25) is 0 Å². The fraction of sp³-hybridized carbons (Fsp3) is 0.421. The molecule has 148 valence electrons. The highest BCUT2D eigenvalue weighted by Gasteiger charge is 2.33. The Balaban J connectivity index is 1.62. The van der Waals surface area contributed by atoms with Gasteiger partial charge in [-0.25, -0.2) is 9.97 Å². The van der Waals surface area contributed by atoms with Crippen LogP contribution in [0.5, 0.6) is 0 Å². The molecular weight excluding hydrogens is 371 g/mol. The summed E-state index contributed by atoms with van der Waals surface area (Å²) < 4.78 is 39.7. The number of aromatic nitrogens is 4. The third kappa shape index (κ3) is 3.88. The lowest BCUT2D eigenvalue weighted by molar-refractivity contribution is -0.136. The van der Waals surface area contributed by atoms with E-state index in [9.17, 15) is 18.0 Å². The van der Waals surface area contributed by atoms with Crippen molar-refractivity contribution in [3.05, 3.63) is 36.5 Å². The highest BCUT2D eigenvalue weighted by atomic mass is 19.4. The minimum Gasteiger partial charge on any atom is -0.346 e. The molecule has 0 saturated heterocycles. The molecule has 0 spiro atoms. The van der Waals surface area contributed by atoms with Crippen molar-refractivity contribution in [2.24, 2.45) is 13.0 Å². The van der Waals surface area contributed by atoms with Crippen molar-refractivity contribution in [1.82, 2.24) is 24.4 Å². The zero-order valence-corrected chi connectivity index (χ0v) is 15.3. The van der Waals surface area contributed by atoms with Gasteiger partial charge in [-0.1, -0.05) is 0 Å². The van der Waals surface area contributed by atoms with E-state index in [0.29, 0.717) is 29.5 Å². The summed E-state index contributed by atoms with van der Waals surface area (Å²) in [6.07, 6.45) is 1.58. The summed E-state index contributed by atoms with van der Waals surface area (Å²) in [5.41, 5.74) is 2.42. The summed E-state index contributed by atoms with van der Waals surface area (Å²) in [4.78, 5) is 25.8. The smallest absolute Gasteiger partial charge is 0.346 e. The number of H-pyrrole nitrogens is 1. The molecular formula is C19H20F3N5O. The van der Waals surface area contributed by atoms with Gasteiger partial charge in [-0.15, -0.1) is 0 Å². The summed E-state index contributed by atoms with van der Waals surface area (Å²) in [5.74, 6) is -0.0810. The van der Waals surface area contributed by atoms with Gasteiger partial charge in [0.25, 0.3) is 5.91 Å². The van der Waals surface area contributed by atoms with E-state index in [-0.39, 0.29) is 12.5 Å². The number of aromatic amines is 1. The molecule has 1 aliphatic carbocycles. The van der Waals surface area contributed by atoms with Gasteiger partial charge in [0.2, 0.25) is 0 Å². The van der Waals surface area contributed by atoms with Crippen LogP contribution in [0.3, 0.4) is 0 Å². The van der Waals surface area contributed by atoms with Crippen molar-refractivity contribution < 1.29 is 18.0 Å². The van der Waals surface area contributed by atoms with Crippen LogP contribution in [0, 0.1) is 5.92 Å². The first-order valence-electron chi connectivity index (χ1n) is 9.12. The Bertz CT molecular complexity index is 1000. The summed E-state index contributed by atoms with van der Waals surface area (Å²) in [6, 6.07) is 3.53. The first-order valence-corrected chi connectivity index (χ1v) is 9.12. The van der Waals surface area contributed by atoms with Gasteiger partial charge < -0.3 is 14.5 Å². The van der Waals surface area contributed by atoms with Crippen LogP contribution in [-0.2, 0) is 7.05 Å². The van der Waals surface area contributed by atoms with E-state index in [1.54, 1.807) is 30.1 Å². The van der Waals surface area contributed by atoms with Gasteiger partial charge >= 0.3 is 6.18 Å². The Labute approximate surface area is 159 Å². The maximum Gasteiger partial charge on any atom is 0.390 e. The number of carbonyl (C=O) groups excluding carboxylic acids is 1. The van der Waals surface area contributed by atoms with Crippen molar-refractivity contribution >= 4 is 16.9 Å². The summed E-state index contributed by atoms with van der Waals surface area (Å²) in [7, 11) is 1.71. The monoisotopic (exact) mass is 391 g/mol. The molecule has 0 unspecified atom stereocenters. The molecule has 1 fully saturated rings. The average molecular weight is 391 g/mol. The van der Waals surface area contributed by atoms with Crippen LogP contribution < -0.4 is 0 Å². The van der Waals surface area contributed by atoms with E-state index in [1.807, 2.05) is 6.07 Å². The molecule has 0 aliphatic heterocycles. The van der Waals surface area contributed by atoms with E-state index >= 15 is 0 Å². The number of aryl methyl sites for hydroxylation is 1. The predicted molar refractivity (Wildman–Crippen MR) is 97.6 cm³/mol. The Morgan fingerprint density at radius 1 is 1.36 bits per heavy atom. The first kappa shape index (κ1) is 18.5. The van der Waals surface area contributed by atoms with E-state index in [4.69, 9.17) is 0 Å². The molecule has 1 saturated carbocycles. The molecule has 3 heterocycles. The number of carbonyl (C=O) groups is 1. The molecule has 1 aliphatic rings. The van der Waals surface area contributed by atoms with Crippen molar-refractivity contribution in [2.45, 2.75) is 25.4 Å². The highest BCUT2D eigenvalue weighted by molar-refractivity contribution is 5.96. The molecule has 3 aromatic rings. The van der Waals surface area contributed by atoms with E-state index in [0.717, 1.165) is 23.8 Å². The summed E-state index contributed by atoms with van der Waals surface area (Å²) in [5, 5.41) is 0.819. The molecule has 4 rings (SSSR count). The highest BCUT2D eigenvalue weighted by Crippen LogP contribution is 2.32. The maximum absolute atomic E-state index is 13.0. The van der Waals surface area contributed by atoms with Crippen molar-refractivity contribution in [3.63, 3.8) is 0 Å². The normalized spacial score (nSPS) is 14.6. The molecule has 0 aromatic carbocycles. The Hall–Kier alpha value is -2.84. The van der Waals surface area contributed by atoms with Gasteiger partial charge in [0.1, 0.15) is 17.7 Å². The predicted octanol–water partition coefficient (Wildman–Crippen LogP) is 3.77. The number of amides is 1. The van der Waals surface area contributed by atoms with Crippen molar-refractivity contribution in [3.8, 4) is 11.3 Å². The topological polar surface area (TPSA) is 66.8 Å². The van der Waals surface area contributed by atoms with E-state index in [1.165, 1.54) is 11.2 Å². The number of nitrogens with one attached hydrogen (secondary N) is 1. The molecule has 28 heavy (non-hydrogen) atoms. The third-order valence-electron chi connectivity index (χ3n) is 4.98. The van der Waals surface area contributed by atoms with E-state index in [2.05, 4.69) is 15.0 Å². The minimum absolute atomic E-state index is 0.304. The van der Waals surface area contributed by atoms with Crippen LogP contribution in [0.25, 0.3) is 22.3 Å². The molecule has 1 N–H and O–H groups in total. The largest absolute Gasteiger partial charge is 0.390 e. The van der Waals surface area contributed by atoms with Crippen molar-refractivity contribution in [1.29, 1.82) is 0 Å². The van der Waals surface area contributed by atoms with E-state index < -0.39 is 12.6 Å². The Morgan fingerprint density at radius 3 is 2.86 bits per heavy atom. The quantitative estimate of drug-likeness (QED) is 0.696. The number of fused-ring (bicyclic) bond motifs is 1. The Morgan fingerprint density at radius 2 is 2.14 bits per heavy atom. The number of alkyl halides is 3. The Kier molecular flexibility index (Phi) is 4.60. The molecule has 9 heteroatoms. The van der Waals surface area contributed by atoms with Gasteiger partial charge in [0.15, 0.2) is 0 Å². The second-order valence-corrected chi connectivity index (χ2v) is 7.25. The fourth-order valence-corrected chi connectivity index (χ4v) is 3.32. The minimum atomic E-state index is -4.29. The summed E-state index contributed by atoms with van der Waals surface area (Å²) in [6.45, 7) is 0.0416. The average Bonchev–Trinajstić information content (AvgIpc) is 3.17. The summed E-state index contributed by atoms with van der Waals surface area (Å²) >= 11 is 0. The van der Waals surface area contributed by atoms with Gasteiger partial charge in [-0.3, -0.25) is 4.79 Å². The molecule has 1 amide bonds. The molecule has 3 aromatic heterocycles.